The maximum atomic E-state index is 11.6. The molecule has 0 amide bonds. The van der Waals surface area contributed by atoms with Gasteiger partial charge in [0.2, 0.25) is 0 Å². The molecule has 0 aliphatic carbocycles. The maximum Gasteiger partial charge on any atom is 0.152 e. The van der Waals surface area contributed by atoms with Crippen molar-refractivity contribution in [2.75, 3.05) is 0 Å². The highest BCUT2D eigenvalue weighted by molar-refractivity contribution is 6.35. The molecule has 3 heteroatoms. The van der Waals surface area contributed by atoms with Gasteiger partial charge < -0.3 is 4.57 Å². The molecule has 0 spiro atoms. The van der Waals surface area contributed by atoms with Crippen molar-refractivity contribution in [3.8, 4) is 0 Å². The lowest BCUT2D eigenvalue weighted by atomic mass is 10.2. The Morgan fingerprint density at radius 1 is 1.38 bits per heavy atom. The summed E-state index contributed by atoms with van der Waals surface area (Å²) in [5.74, 6) is 0.264. The topological polar surface area (TPSA) is 22.0 Å². The second-order valence-electron chi connectivity index (χ2n) is 3.90. The molecule has 0 radical (unpaired) electrons. The highest BCUT2D eigenvalue weighted by Crippen LogP contribution is 2.24. The quantitative estimate of drug-likeness (QED) is 0.793. The number of rotatable bonds is 4. The molecule has 2 rings (SSSR count). The van der Waals surface area contributed by atoms with Gasteiger partial charge in [-0.05, 0) is 24.6 Å². The van der Waals surface area contributed by atoms with Gasteiger partial charge in [-0.15, -0.1) is 0 Å². The van der Waals surface area contributed by atoms with Crippen LogP contribution in [0, 0.1) is 0 Å². The first kappa shape index (κ1) is 11.2. The van der Waals surface area contributed by atoms with Crippen LogP contribution in [0.15, 0.2) is 30.5 Å². The van der Waals surface area contributed by atoms with Gasteiger partial charge in [0.05, 0.1) is 6.54 Å². The Morgan fingerprint density at radius 2 is 2.19 bits per heavy atom. The van der Waals surface area contributed by atoms with Gasteiger partial charge in [0.1, 0.15) is 0 Å². The third-order valence-electron chi connectivity index (χ3n) is 2.64. The Balaban J connectivity index is 2.32. The highest BCUT2D eigenvalue weighted by Gasteiger charge is 2.07. The summed E-state index contributed by atoms with van der Waals surface area (Å²) in [4.78, 5) is 11.6. The zero-order valence-corrected chi connectivity index (χ0v) is 10.00. The van der Waals surface area contributed by atoms with Crippen molar-refractivity contribution in [3.05, 3.63) is 35.5 Å². The monoisotopic (exact) mass is 235 g/mol. The number of hydrogen-bond acceptors (Lipinski definition) is 1. The van der Waals surface area contributed by atoms with E-state index in [-0.39, 0.29) is 5.78 Å². The highest BCUT2D eigenvalue weighted by atomic mass is 35.5. The van der Waals surface area contributed by atoms with Crippen LogP contribution >= 0.6 is 11.6 Å². The van der Waals surface area contributed by atoms with Gasteiger partial charge in [0, 0.05) is 28.5 Å². The normalized spacial score (nSPS) is 10.9. The molecule has 1 aromatic heterocycles. The molecule has 1 heterocycles. The molecular formula is C13H14ClNO. The Morgan fingerprint density at radius 3 is 2.94 bits per heavy atom. The lowest BCUT2D eigenvalue weighted by Crippen LogP contribution is -2.08. The molecule has 0 unspecified atom stereocenters. The third kappa shape index (κ3) is 2.12. The van der Waals surface area contributed by atoms with Gasteiger partial charge in [-0.25, -0.2) is 0 Å². The van der Waals surface area contributed by atoms with Crippen LogP contribution in [-0.4, -0.2) is 10.4 Å². The van der Waals surface area contributed by atoms with E-state index in [1.807, 2.05) is 42.0 Å². The van der Waals surface area contributed by atoms with Gasteiger partial charge in [0.25, 0.3) is 0 Å². The van der Waals surface area contributed by atoms with Crippen LogP contribution in [0.5, 0.6) is 0 Å². The molecule has 0 N–H and O–H groups in total. The van der Waals surface area contributed by atoms with Crippen LogP contribution in [0.2, 0.25) is 5.02 Å². The number of hydrogen-bond donors (Lipinski definition) is 0. The van der Waals surface area contributed by atoms with Crippen LogP contribution < -0.4 is 0 Å². The van der Waals surface area contributed by atoms with Gasteiger partial charge in [-0.1, -0.05) is 24.6 Å². The van der Waals surface area contributed by atoms with Crippen molar-refractivity contribution >= 4 is 28.3 Å². The number of halogens is 1. The van der Waals surface area contributed by atoms with Crippen molar-refractivity contribution in [1.29, 1.82) is 0 Å². The fraction of sp³-hybridized carbons (Fsp3) is 0.308. The Bertz CT molecular complexity index is 516. The molecule has 2 aromatic rings. The van der Waals surface area contributed by atoms with E-state index in [2.05, 4.69) is 0 Å². The summed E-state index contributed by atoms with van der Waals surface area (Å²) in [7, 11) is 0. The van der Waals surface area contributed by atoms with Crippen LogP contribution in [-0.2, 0) is 11.3 Å². The van der Waals surface area contributed by atoms with E-state index in [4.69, 9.17) is 11.6 Å². The van der Waals surface area contributed by atoms with E-state index < -0.39 is 0 Å². The molecule has 0 aliphatic heterocycles. The molecule has 0 saturated carbocycles. The molecule has 0 fully saturated rings. The number of carbonyl (C=O) groups excluding carboxylic acids is 1. The average molecular weight is 236 g/mol. The first-order valence-corrected chi connectivity index (χ1v) is 5.85. The van der Waals surface area contributed by atoms with Crippen molar-refractivity contribution in [2.24, 2.45) is 0 Å². The Kier molecular flexibility index (Phi) is 3.30. The minimum absolute atomic E-state index is 0.264. The molecule has 16 heavy (non-hydrogen) atoms. The fourth-order valence-electron chi connectivity index (χ4n) is 1.87. The Hall–Kier alpha value is -1.28. The van der Waals surface area contributed by atoms with Crippen LogP contribution in [0.3, 0.4) is 0 Å². The van der Waals surface area contributed by atoms with E-state index in [9.17, 15) is 4.79 Å². The number of nitrogens with zero attached hydrogens (tertiary/aromatic N) is 1. The molecule has 0 atom stereocenters. The SMILES string of the molecule is CCCC(=O)Cn1ccc2c(Cl)cccc21. The number of benzene rings is 1. The van der Waals surface area contributed by atoms with Gasteiger partial charge in [-0.3, -0.25) is 4.79 Å². The second kappa shape index (κ2) is 4.71. The molecular weight excluding hydrogens is 222 g/mol. The third-order valence-corrected chi connectivity index (χ3v) is 2.97. The lowest BCUT2D eigenvalue weighted by Gasteiger charge is -2.04. The summed E-state index contributed by atoms with van der Waals surface area (Å²) in [5.41, 5.74) is 1.02. The lowest BCUT2D eigenvalue weighted by molar-refractivity contribution is -0.119. The van der Waals surface area contributed by atoms with Crippen molar-refractivity contribution in [3.63, 3.8) is 0 Å². The number of Topliss-reactive ketones (excluding diaryl/α,β-unsaturated/α-hetero) is 1. The molecule has 0 bridgehead atoms. The maximum absolute atomic E-state index is 11.6. The first-order chi connectivity index (χ1) is 7.72. The molecule has 84 valence electrons. The molecule has 2 nitrogen and oxygen atoms in total. The second-order valence-corrected chi connectivity index (χ2v) is 4.31. The van der Waals surface area contributed by atoms with Gasteiger partial charge in [-0.2, -0.15) is 0 Å². The summed E-state index contributed by atoms with van der Waals surface area (Å²) < 4.78 is 1.96. The fourth-order valence-corrected chi connectivity index (χ4v) is 2.10. The number of aromatic nitrogens is 1. The molecule has 0 aliphatic rings. The van der Waals surface area contributed by atoms with E-state index in [1.165, 1.54) is 0 Å². The smallest absolute Gasteiger partial charge is 0.152 e. The standard InChI is InChI=1S/C13H14ClNO/c1-2-4-10(16)9-15-8-7-11-12(14)5-3-6-13(11)15/h3,5-8H,2,4,9H2,1H3. The zero-order chi connectivity index (χ0) is 11.5. The van der Waals surface area contributed by atoms with Crippen LogP contribution in [0.4, 0.5) is 0 Å². The minimum Gasteiger partial charge on any atom is -0.340 e. The van der Waals surface area contributed by atoms with E-state index in [0.717, 1.165) is 22.3 Å². The van der Waals surface area contributed by atoms with E-state index in [1.54, 1.807) is 0 Å². The first-order valence-electron chi connectivity index (χ1n) is 5.47. The summed E-state index contributed by atoms with van der Waals surface area (Å²) in [6, 6.07) is 7.71. The number of carbonyl (C=O) groups is 1. The van der Waals surface area contributed by atoms with Crippen LogP contribution in [0.25, 0.3) is 10.9 Å². The minimum atomic E-state index is 0.264. The number of ketones is 1. The summed E-state index contributed by atoms with van der Waals surface area (Å²) in [6.07, 6.45) is 3.46. The largest absolute Gasteiger partial charge is 0.340 e. The van der Waals surface area contributed by atoms with Gasteiger partial charge in [0.15, 0.2) is 5.78 Å². The summed E-state index contributed by atoms with van der Waals surface area (Å²) in [6.45, 7) is 2.46. The number of fused-ring (bicyclic) bond motifs is 1. The van der Waals surface area contributed by atoms with Crippen LogP contribution in [0.1, 0.15) is 19.8 Å². The van der Waals surface area contributed by atoms with E-state index >= 15 is 0 Å². The van der Waals surface area contributed by atoms with Crippen molar-refractivity contribution in [2.45, 2.75) is 26.3 Å². The summed E-state index contributed by atoms with van der Waals surface area (Å²) >= 11 is 6.07. The average Bonchev–Trinajstić information content (AvgIpc) is 2.64. The zero-order valence-electron chi connectivity index (χ0n) is 9.24. The van der Waals surface area contributed by atoms with E-state index in [0.29, 0.717) is 13.0 Å². The van der Waals surface area contributed by atoms with Crippen molar-refractivity contribution in [1.82, 2.24) is 4.57 Å². The predicted octanol–water partition coefficient (Wildman–Crippen LogP) is 3.66. The molecule has 0 saturated heterocycles. The van der Waals surface area contributed by atoms with Crippen molar-refractivity contribution < 1.29 is 4.79 Å². The predicted molar refractivity (Wildman–Crippen MR) is 66.9 cm³/mol. The molecule has 1 aromatic carbocycles. The Labute approximate surface area is 99.8 Å². The van der Waals surface area contributed by atoms with Gasteiger partial charge >= 0.3 is 0 Å². The summed E-state index contributed by atoms with van der Waals surface area (Å²) in [5, 5.41) is 1.74.